The van der Waals surface area contributed by atoms with E-state index < -0.39 is 0 Å². The van der Waals surface area contributed by atoms with Gasteiger partial charge in [-0.3, -0.25) is 0 Å². The van der Waals surface area contributed by atoms with E-state index in [-0.39, 0.29) is 0 Å². The fourth-order valence-corrected chi connectivity index (χ4v) is 2.36. The number of hydrogen-bond donors (Lipinski definition) is 0. The number of alkyl halides is 1. The van der Waals surface area contributed by atoms with Crippen LogP contribution in [0.5, 0.6) is 0 Å². The van der Waals surface area contributed by atoms with E-state index in [1.807, 2.05) is 18.2 Å². The minimum absolute atomic E-state index is 0.433. The molecule has 0 spiro atoms. The van der Waals surface area contributed by atoms with Gasteiger partial charge in [0.1, 0.15) is 0 Å². The Labute approximate surface area is 126 Å². The maximum atomic E-state index is 6.01. The highest BCUT2D eigenvalue weighted by Crippen LogP contribution is 2.17. The molecule has 0 bridgehead atoms. The van der Waals surface area contributed by atoms with E-state index in [2.05, 4.69) is 6.07 Å². The molecule has 0 N–H and O–H groups in total. The van der Waals surface area contributed by atoms with Gasteiger partial charge in [-0.1, -0.05) is 23.7 Å². The van der Waals surface area contributed by atoms with E-state index in [4.69, 9.17) is 32.7 Å². The first-order valence-electron chi connectivity index (χ1n) is 6.63. The third-order valence-electron chi connectivity index (χ3n) is 2.94. The van der Waals surface area contributed by atoms with Crippen molar-refractivity contribution < 1.29 is 9.47 Å². The molecule has 19 heavy (non-hydrogen) atoms. The quantitative estimate of drug-likeness (QED) is 0.477. The molecule has 1 atom stereocenters. The monoisotopic (exact) mass is 304 g/mol. The number of methoxy groups -OCH3 is 1. The van der Waals surface area contributed by atoms with Gasteiger partial charge in [-0.05, 0) is 42.9 Å². The van der Waals surface area contributed by atoms with Crippen molar-refractivity contribution in [2.24, 2.45) is 5.92 Å². The first-order chi connectivity index (χ1) is 9.26. The highest BCUT2D eigenvalue weighted by molar-refractivity contribution is 6.30. The zero-order valence-corrected chi connectivity index (χ0v) is 12.9. The van der Waals surface area contributed by atoms with Crippen molar-refractivity contribution in [1.29, 1.82) is 0 Å². The third-order valence-corrected chi connectivity index (χ3v) is 3.61. The molecule has 1 aromatic rings. The fraction of sp³-hybridized carbons (Fsp3) is 0.600. The summed E-state index contributed by atoms with van der Waals surface area (Å²) < 4.78 is 10.5. The maximum absolute atomic E-state index is 6.01. The molecule has 1 aromatic carbocycles. The molecule has 0 amide bonds. The van der Waals surface area contributed by atoms with E-state index in [9.17, 15) is 0 Å². The summed E-state index contributed by atoms with van der Waals surface area (Å²) in [6.07, 6.45) is 2.87. The normalized spacial score (nSPS) is 12.6. The minimum atomic E-state index is 0.433. The predicted molar refractivity (Wildman–Crippen MR) is 81.3 cm³/mol. The molecule has 0 saturated carbocycles. The molecule has 108 valence electrons. The van der Waals surface area contributed by atoms with Crippen molar-refractivity contribution in [3.8, 4) is 0 Å². The van der Waals surface area contributed by atoms with Crippen molar-refractivity contribution in [1.82, 2.24) is 0 Å². The molecular weight excluding hydrogens is 283 g/mol. The lowest BCUT2D eigenvalue weighted by Crippen LogP contribution is -2.11. The van der Waals surface area contributed by atoms with Crippen LogP contribution in [-0.2, 0) is 15.9 Å². The molecule has 0 saturated heterocycles. The Morgan fingerprint density at radius 3 is 2.74 bits per heavy atom. The van der Waals surface area contributed by atoms with Gasteiger partial charge in [-0.25, -0.2) is 0 Å². The SMILES string of the molecule is COCCCOCCC(CCl)Cc1cccc(Cl)c1. The van der Waals surface area contributed by atoms with Crippen molar-refractivity contribution in [3.63, 3.8) is 0 Å². The number of benzene rings is 1. The zero-order valence-electron chi connectivity index (χ0n) is 11.4. The molecule has 4 heteroatoms. The van der Waals surface area contributed by atoms with Gasteiger partial charge in [-0.2, -0.15) is 0 Å². The van der Waals surface area contributed by atoms with Crippen LogP contribution in [0.3, 0.4) is 0 Å². The number of ether oxygens (including phenoxy) is 2. The summed E-state index contributed by atoms with van der Waals surface area (Å²) in [7, 11) is 1.70. The number of hydrogen-bond acceptors (Lipinski definition) is 2. The number of halogens is 2. The highest BCUT2D eigenvalue weighted by atomic mass is 35.5. The van der Waals surface area contributed by atoms with Gasteiger partial charge >= 0.3 is 0 Å². The van der Waals surface area contributed by atoms with E-state index in [1.165, 1.54) is 5.56 Å². The predicted octanol–water partition coefficient (Wildman–Crippen LogP) is 4.18. The van der Waals surface area contributed by atoms with Gasteiger partial charge in [0.2, 0.25) is 0 Å². The smallest absolute Gasteiger partial charge is 0.0487 e. The molecule has 0 radical (unpaired) electrons. The third kappa shape index (κ3) is 7.78. The Kier molecular flexibility index (Phi) is 9.27. The van der Waals surface area contributed by atoms with Crippen LogP contribution < -0.4 is 0 Å². The Balaban J connectivity index is 2.22. The second-order valence-electron chi connectivity index (χ2n) is 4.60. The summed E-state index contributed by atoms with van der Waals surface area (Å²) in [6, 6.07) is 7.95. The lowest BCUT2D eigenvalue weighted by molar-refractivity contribution is 0.0951. The fourth-order valence-electron chi connectivity index (χ4n) is 1.89. The molecule has 1 unspecified atom stereocenters. The second-order valence-corrected chi connectivity index (χ2v) is 5.35. The van der Waals surface area contributed by atoms with Crippen molar-refractivity contribution in [2.45, 2.75) is 19.3 Å². The van der Waals surface area contributed by atoms with Crippen molar-refractivity contribution in [3.05, 3.63) is 34.9 Å². The number of rotatable bonds is 10. The van der Waals surface area contributed by atoms with Crippen LogP contribution in [0.2, 0.25) is 5.02 Å². The van der Waals surface area contributed by atoms with E-state index in [0.717, 1.165) is 44.1 Å². The van der Waals surface area contributed by atoms with Crippen LogP contribution in [0.25, 0.3) is 0 Å². The summed E-state index contributed by atoms with van der Waals surface area (Å²) in [5.41, 5.74) is 1.23. The summed E-state index contributed by atoms with van der Waals surface area (Å²) >= 11 is 12.0. The Bertz CT molecular complexity index is 345. The molecule has 2 nitrogen and oxygen atoms in total. The van der Waals surface area contributed by atoms with Gasteiger partial charge in [-0.15, -0.1) is 11.6 Å². The maximum Gasteiger partial charge on any atom is 0.0487 e. The van der Waals surface area contributed by atoms with Gasteiger partial charge in [0, 0.05) is 37.8 Å². The van der Waals surface area contributed by atoms with Crippen LogP contribution in [0.4, 0.5) is 0 Å². The van der Waals surface area contributed by atoms with Crippen LogP contribution >= 0.6 is 23.2 Å². The van der Waals surface area contributed by atoms with Crippen LogP contribution in [0, 0.1) is 5.92 Å². The van der Waals surface area contributed by atoms with Crippen molar-refractivity contribution in [2.75, 3.05) is 32.8 Å². The summed E-state index contributed by atoms with van der Waals surface area (Å²) in [6.45, 7) is 2.25. The van der Waals surface area contributed by atoms with E-state index >= 15 is 0 Å². The minimum Gasteiger partial charge on any atom is -0.385 e. The average Bonchev–Trinajstić information content (AvgIpc) is 2.41. The van der Waals surface area contributed by atoms with Crippen molar-refractivity contribution >= 4 is 23.2 Å². The van der Waals surface area contributed by atoms with Crippen LogP contribution in [0.15, 0.2) is 24.3 Å². The van der Waals surface area contributed by atoms with E-state index in [0.29, 0.717) is 11.8 Å². The average molecular weight is 305 g/mol. The highest BCUT2D eigenvalue weighted by Gasteiger charge is 2.09. The molecule has 0 aliphatic rings. The molecule has 0 heterocycles. The molecule has 0 aliphatic heterocycles. The van der Waals surface area contributed by atoms with Gasteiger partial charge in [0.05, 0.1) is 0 Å². The topological polar surface area (TPSA) is 18.5 Å². The standard InChI is InChI=1S/C15H22Cl2O2/c1-18-7-3-8-19-9-6-14(12-16)10-13-4-2-5-15(17)11-13/h2,4-5,11,14H,3,6-10,12H2,1H3. The van der Waals surface area contributed by atoms with Crippen LogP contribution in [-0.4, -0.2) is 32.8 Å². The Hall–Kier alpha value is -0.280. The summed E-state index contributed by atoms with van der Waals surface area (Å²) in [5, 5.41) is 0.779. The molecule has 1 rings (SSSR count). The summed E-state index contributed by atoms with van der Waals surface area (Å²) in [5.74, 6) is 1.08. The Morgan fingerprint density at radius 1 is 1.21 bits per heavy atom. The molecule has 0 aromatic heterocycles. The second kappa shape index (κ2) is 10.5. The Morgan fingerprint density at radius 2 is 2.05 bits per heavy atom. The lowest BCUT2D eigenvalue weighted by Gasteiger charge is -2.14. The zero-order chi connectivity index (χ0) is 13.9. The van der Waals surface area contributed by atoms with Gasteiger partial charge in [0.25, 0.3) is 0 Å². The first kappa shape index (κ1) is 16.8. The molecular formula is C15H22Cl2O2. The first-order valence-corrected chi connectivity index (χ1v) is 7.54. The van der Waals surface area contributed by atoms with Gasteiger partial charge < -0.3 is 9.47 Å². The van der Waals surface area contributed by atoms with Gasteiger partial charge in [0.15, 0.2) is 0 Å². The van der Waals surface area contributed by atoms with Crippen LogP contribution in [0.1, 0.15) is 18.4 Å². The van der Waals surface area contributed by atoms with E-state index in [1.54, 1.807) is 7.11 Å². The lowest BCUT2D eigenvalue weighted by atomic mass is 9.98. The molecule has 0 aliphatic carbocycles. The largest absolute Gasteiger partial charge is 0.385 e. The summed E-state index contributed by atoms with van der Waals surface area (Å²) in [4.78, 5) is 0. The molecule has 0 fully saturated rings.